The van der Waals surface area contributed by atoms with Crippen LogP contribution in [0, 0.1) is 0 Å². The number of rotatable bonds is 4. The van der Waals surface area contributed by atoms with E-state index >= 15 is 0 Å². The number of alkyl halides is 3. The van der Waals surface area contributed by atoms with Gasteiger partial charge in [-0.15, -0.1) is 0 Å². The fourth-order valence-corrected chi connectivity index (χ4v) is 2.61. The summed E-state index contributed by atoms with van der Waals surface area (Å²) in [6, 6.07) is 13.0. The lowest BCUT2D eigenvalue weighted by atomic mass is 10.1. The Balaban J connectivity index is 1.78. The topological polar surface area (TPSA) is 46.9 Å². The van der Waals surface area contributed by atoms with Gasteiger partial charge >= 0.3 is 6.18 Å². The van der Waals surface area contributed by atoms with Crippen LogP contribution < -0.4 is 5.32 Å². The first kappa shape index (κ1) is 18.0. The summed E-state index contributed by atoms with van der Waals surface area (Å²) in [4.78, 5) is 12.3. The lowest BCUT2D eigenvalue weighted by Gasteiger charge is -2.11. The van der Waals surface area contributed by atoms with Crippen molar-refractivity contribution in [2.24, 2.45) is 0 Å². The number of carbonyl (C=O) groups is 1. The summed E-state index contributed by atoms with van der Waals surface area (Å²) in [6.07, 6.45) is -3.02. The molecular formula is C18H13ClF3N3O. The highest BCUT2D eigenvalue weighted by atomic mass is 35.5. The van der Waals surface area contributed by atoms with E-state index < -0.39 is 17.6 Å². The molecule has 1 N–H and O–H groups in total. The first-order valence-corrected chi connectivity index (χ1v) is 7.95. The van der Waals surface area contributed by atoms with Crippen molar-refractivity contribution >= 4 is 23.3 Å². The highest BCUT2D eigenvalue weighted by molar-refractivity contribution is 6.30. The van der Waals surface area contributed by atoms with E-state index in [2.05, 4.69) is 10.4 Å². The van der Waals surface area contributed by atoms with E-state index in [1.54, 1.807) is 24.3 Å². The van der Waals surface area contributed by atoms with Crippen LogP contribution in [0.3, 0.4) is 0 Å². The van der Waals surface area contributed by atoms with E-state index in [-0.39, 0.29) is 5.56 Å². The van der Waals surface area contributed by atoms with Gasteiger partial charge in [0.15, 0.2) is 0 Å². The number of benzene rings is 2. The fraction of sp³-hybridized carbons (Fsp3) is 0.111. The second-order valence-electron chi connectivity index (χ2n) is 5.54. The van der Waals surface area contributed by atoms with Gasteiger partial charge < -0.3 is 5.32 Å². The van der Waals surface area contributed by atoms with Crippen molar-refractivity contribution in [1.82, 2.24) is 9.78 Å². The Morgan fingerprint density at radius 2 is 1.88 bits per heavy atom. The van der Waals surface area contributed by atoms with Crippen LogP contribution in [0.25, 0.3) is 0 Å². The van der Waals surface area contributed by atoms with E-state index in [0.29, 0.717) is 17.4 Å². The summed E-state index contributed by atoms with van der Waals surface area (Å²) in [6.45, 7) is 0.353. The van der Waals surface area contributed by atoms with Crippen LogP contribution in [-0.4, -0.2) is 15.7 Å². The minimum absolute atomic E-state index is 0.0877. The van der Waals surface area contributed by atoms with Crippen LogP contribution >= 0.6 is 11.6 Å². The molecule has 1 heterocycles. The molecular weight excluding hydrogens is 367 g/mol. The highest BCUT2D eigenvalue weighted by Gasteiger charge is 2.30. The number of nitrogens with one attached hydrogen (secondary N) is 1. The van der Waals surface area contributed by atoms with Crippen LogP contribution in [0.4, 0.5) is 19.0 Å². The molecule has 0 radical (unpaired) electrons. The van der Waals surface area contributed by atoms with Gasteiger partial charge in [-0.2, -0.15) is 18.3 Å². The maximum atomic E-state index is 12.8. The van der Waals surface area contributed by atoms with Gasteiger partial charge in [0.1, 0.15) is 5.82 Å². The summed E-state index contributed by atoms with van der Waals surface area (Å²) >= 11 is 5.95. The van der Waals surface area contributed by atoms with E-state index in [0.717, 1.165) is 17.7 Å². The summed E-state index contributed by atoms with van der Waals surface area (Å²) in [5.41, 5.74) is -0.0938. The molecule has 0 saturated carbocycles. The molecule has 0 spiro atoms. The molecule has 1 amide bonds. The molecule has 134 valence electrons. The van der Waals surface area contributed by atoms with Crippen LogP contribution in [0.1, 0.15) is 21.5 Å². The quantitative estimate of drug-likeness (QED) is 0.704. The van der Waals surface area contributed by atoms with Crippen molar-refractivity contribution in [1.29, 1.82) is 0 Å². The first-order chi connectivity index (χ1) is 12.3. The third-order valence-electron chi connectivity index (χ3n) is 3.63. The molecule has 2 aromatic carbocycles. The number of carbonyl (C=O) groups excluding carboxylic acids is 1. The molecule has 0 unspecified atom stereocenters. The van der Waals surface area contributed by atoms with Crippen molar-refractivity contribution in [3.05, 3.63) is 82.5 Å². The highest BCUT2D eigenvalue weighted by Crippen LogP contribution is 2.29. The Kier molecular flexibility index (Phi) is 4.99. The Morgan fingerprint density at radius 3 is 2.62 bits per heavy atom. The molecule has 0 aliphatic heterocycles. The lowest BCUT2D eigenvalue weighted by Crippen LogP contribution is -2.17. The Labute approximate surface area is 152 Å². The molecule has 0 aliphatic rings. The van der Waals surface area contributed by atoms with Crippen LogP contribution in [0.5, 0.6) is 0 Å². The molecule has 3 aromatic rings. The number of halogens is 4. The van der Waals surface area contributed by atoms with Crippen molar-refractivity contribution in [3.63, 3.8) is 0 Å². The zero-order valence-electron chi connectivity index (χ0n) is 13.3. The van der Waals surface area contributed by atoms with Gasteiger partial charge in [0, 0.05) is 16.7 Å². The summed E-state index contributed by atoms with van der Waals surface area (Å²) in [5.74, 6) is -0.281. The minimum Gasteiger partial charge on any atom is -0.307 e. The predicted octanol–water partition coefficient (Wildman–Crippen LogP) is 4.86. The second kappa shape index (κ2) is 7.21. The molecule has 26 heavy (non-hydrogen) atoms. The average molecular weight is 380 g/mol. The van der Waals surface area contributed by atoms with E-state index in [4.69, 9.17) is 11.6 Å². The maximum Gasteiger partial charge on any atom is 0.416 e. The SMILES string of the molecule is O=C(Nc1ccnn1Cc1cccc(Cl)c1)c1cccc(C(F)(F)F)c1. The van der Waals surface area contributed by atoms with Crippen molar-refractivity contribution in [2.45, 2.75) is 12.7 Å². The van der Waals surface area contributed by atoms with Gasteiger partial charge in [0.25, 0.3) is 5.91 Å². The Hall–Kier alpha value is -2.80. The van der Waals surface area contributed by atoms with Gasteiger partial charge in [-0.05, 0) is 35.9 Å². The first-order valence-electron chi connectivity index (χ1n) is 7.58. The molecule has 1 aromatic heterocycles. The van der Waals surface area contributed by atoms with E-state index in [9.17, 15) is 18.0 Å². The van der Waals surface area contributed by atoms with Gasteiger partial charge in [0.05, 0.1) is 18.3 Å². The number of amides is 1. The van der Waals surface area contributed by atoms with Crippen molar-refractivity contribution < 1.29 is 18.0 Å². The van der Waals surface area contributed by atoms with E-state index in [1.165, 1.54) is 23.0 Å². The number of hydrogen-bond acceptors (Lipinski definition) is 2. The zero-order valence-corrected chi connectivity index (χ0v) is 14.1. The normalized spacial score (nSPS) is 11.4. The fourth-order valence-electron chi connectivity index (χ4n) is 2.40. The second-order valence-corrected chi connectivity index (χ2v) is 5.97. The molecule has 0 aliphatic carbocycles. The largest absolute Gasteiger partial charge is 0.416 e. The third kappa shape index (κ3) is 4.23. The molecule has 0 saturated heterocycles. The monoisotopic (exact) mass is 379 g/mol. The number of hydrogen-bond donors (Lipinski definition) is 1. The molecule has 8 heteroatoms. The van der Waals surface area contributed by atoms with Crippen LogP contribution in [-0.2, 0) is 12.7 Å². The van der Waals surface area contributed by atoms with Crippen LogP contribution in [0.2, 0.25) is 5.02 Å². The van der Waals surface area contributed by atoms with Gasteiger partial charge in [-0.3, -0.25) is 4.79 Å². The number of nitrogens with zero attached hydrogens (tertiary/aromatic N) is 2. The Morgan fingerprint density at radius 1 is 1.12 bits per heavy atom. The predicted molar refractivity (Wildman–Crippen MR) is 92.2 cm³/mol. The smallest absolute Gasteiger partial charge is 0.307 e. The van der Waals surface area contributed by atoms with E-state index in [1.807, 2.05) is 6.07 Å². The molecule has 0 bridgehead atoms. The van der Waals surface area contributed by atoms with Gasteiger partial charge in [-0.25, -0.2) is 4.68 Å². The average Bonchev–Trinajstić information content (AvgIpc) is 3.01. The van der Waals surface area contributed by atoms with Gasteiger partial charge in [-0.1, -0.05) is 29.8 Å². The number of anilines is 1. The van der Waals surface area contributed by atoms with Crippen molar-refractivity contribution in [3.8, 4) is 0 Å². The number of aromatic nitrogens is 2. The minimum atomic E-state index is -4.51. The third-order valence-corrected chi connectivity index (χ3v) is 3.87. The maximum absolute atomic E-state index is 12.8. The van der Waals surface area contributed by atoms with Crippen LogP contribution in [0.15, 0.2) is 60.8 Å². The summed E-state index contributed by atoms with van der Waals surface area (Å²) in [7, 11) is 0. The molecule has 0 atom stereocenters. The lowest BCUT2D eigenvalue weighted by molar-refractivity contribution is -0.137. The Bertz CT molecular complexity index is 937. The summed E-state index contributed by atoms with van der Waals surface area (Å²) < 4.78 is 39.9. The summed E-state index contributed by atoms with van der Waals surface area (Å²) in [5, 5.41) is 7.28. The van der Waals surface area contributed by atoms with Gasteiger partial charge in [0.2, 0.25) is 0 Å². The van der Waals surface area contributed by atoms with Crippen molar-refractivity contribution in [2.75, 3.05) is 5.32 Å². The zero-order chi connectivity index (χ0) is 18.7. The molecule has 0 fully saturated rings. The standard InChI is InChI=1S/C18H13ClF3N3O/c19-15-6-1-3-12(9-15)11-25-16(7-8-23-25)24-17(26)13-4-2-5-14(10-13)18(20,21)22/h1-10H,11H2,(H,24,26). The molecule has 3 rings (SSSR count). The molecule has 4 nitrogen and oxygen atoms in total.